The topological polar surface area (TPSA) is 62.7 Å². The standard InChI is InChI=1S/C17H18N2O3/c20-17(21)15-7-4-10-19(15)12-13-5-1-2-8-16(13)22-14-6-3-9-18-11-14/h1-3,5-6,8-9,11,15H,4,7,10,12H2,(H,20,21)/t15-/m0/s1. The van der Waals surface area contributed by atoms with Gasteiger partial charge < -0.3 is 9.84 Å². The fourth-order valence-corrected chi connectivity index (χ4v) is 2.78. The maximum absolute atomic E-state index is 11.3. The van der Waals surface area contributed by atoms with E-state index in [0.717, 1.165) is 24.3 Å². The van der Waals surface area contributed by atoms with Crippen LogP contribution >= 0.6 is 0 Å². The highest BCUT2D eigenvalue weighted by Crippen LogP contribution is 2.28. The average molecular weight is 298 g/mol. The fraction of sp³-hybridized carbons (Fsp3) is 0.294. The van der Waals surface area contributed by atoms with Crippen LogP contribution in [0.25, 0.3) is 0 Å². The molecule has 2 heterocycles. The number of pyridine rings is 1. The molecule has 1 atom stereocenters. The number of carbonyl (C=O) groups is 1. The molecule has 2 aromatic rings. The van der Waals surface area contributed by atoms with Crippen LogP contribution in [0, 0.1) is 0 Å². The van der Waals surface area contributed by atoms with Gasteiger partial charge in [0.15, 0.2) is 0 Å². The number of aromatic nitrogens is 1. The second-order valence-corrected chi connectivity index (χ2v) is 5.37. The van der Waals surface area contributed by atoms with E-state index in [1.165, 1.54) is 0 Å². The van der Waals surface area contributed by atoms with Crippen molar-refractivity contribution in [3.05, 3.63) is 54.4 Å². The first-order valence-corrected chi connectivity index (χ1v) is 7.36. The van der Waals surface area contributed by atoms with E-state index in [1.54, 1.807) is 12.4 Å². The number of nitrogens with zero attached hydrogens (tertiary/aromatic N) is 2. The Hall–Kier alpha value is -2.40. The molecule has 0 saturated carbocycles. The molecule has 1 aliphatic heterocycles. The monoisotopic (exact) mass is 298 g/mol. The Morgan fingerprint density at radius 3 is 2.95 bits per heavy atom. The first-order valence-electron chi connectivity index (χ1n) is 7.36. The molecule has 0 unspecified atom stereocenters. The summed E-state index contributed by atoms with van der Waals surface area (Å²) >= 11 is 0. The smallest absolute Gasteiger partial charge is 0.320 e. The Kier molecular flexibility index (Phi) is 4.34. The molecule has 0 spiro atoms. The Morgan fingerprint density at radius 2 is 2.18 bits per heavy atom. The zero-order valence-corrected chi connectivity index (χ0v) is 12.2. The summed E-state index contributed by atoms with van der Waals surface area (Å²) in [6.45, 7) is 1.38. The largest absolute Gasteiger partial charge is 0.480 e. The third-order valence-corrected chi connectivity index (χ3v) is 3.86. The summed E-state index contributed by atoms with van der Waals surface area (Å²) in [5.41, 5.74) is 0.986. The van der Waals surface area contributed by atoms with E-state index < -0.39 is 12.0 Å². The number of carboxylic acid groups (broad SMARTS) is 1. The molecule has 22 heavy (non-hydrogen) atoms. The molecular weight excluding hydrogens is 280 g/mol. The van der Waals surface area contributed by atoms with Crippen molar-refractivity contribution in [2.75, 3.05) is 6.54 Å². The molecule has 5 nitrogen and oxygen atoms in total. The van der Waals surface area contributed by atoms with E-state index in [9.17, 15) is 9.90 Å². The van der Waals surface area contributed by atoms with E-state index in [4.69, 9.17) is 4.74 Å². The zero-order chi connectivity index (χ0) is 15.4. The van der Waals surface area contributed by atoms with Gasteiger partial charge in [0.25, 0.3) is 0 Å². The first-order chi connectivity index (χ1) is 10.7. The predicted molar refractivity (Wildman–Crippen MR) is 81.8 cm³/mol. The lowest BCUT2D eigenvalue weighted by Crippen LogP contribution is -2.35. The van der Waals surface area contributed by atoms with Gasteiger partial charge in [-0.05, 0) is 37.6 Å². The van der Waals surface area contributed by atoms with Crippen LogP contribution in [0.15, 0.2) is 48.8 Å². The van der Waals surface area contributed by atoms with Gasteiger partial charge in [-0.1, -0.05) is 18.2 Å². The maximum atomic E-state index is 11.3. The summed E-state index contributed by atoms with van der Waals surface area (Å²) in [4.78, 5) is 17.3. The maximum Gasteiger partial charge on any atom is 0.320 e. The van der Waals surface area contributed by atoms with Gasteiger partial charge in [0.05, 0.1) is 6.20 Å². The van der Waals surface area contributed by atoms with Crippen LogP contribution in [0.3, 0.4) is 0 Å². The van der Waals surface area contributed by atoms with Crippen molar-refractivity contribution >= 4 is 5.97 Å². The molecule has 1 saturated heterocycles. The van der Waals surface area contributed by atoms with Crippen molar-refractivity contribution in [3.8, 4) is 11.5 Å². The van der Waals surface area contributed by atoms with E-state index in [1.807, 2.05) is 41.3 Å². The Morgan fingerprint density at radius 1 is 1.32 bits per heavy atom. The van der Waals surface area contributed by atoms with Gasteiger partial charge in [-0.2, -0.15) is 0 Å². The average Bonchev–Trinajstić information content (AvgIpc) is 2.99. The highest BCUT2D eigenvalue weighted by molar-refractivity contribution is 5.73. The third-order valence-electron chi connectivity index (χ3n) is 3.86. The van der Waals surface area contributed by atoms with E-state index in [2.05, 4.69) is 4.98 Å². The van der Waals surface area contributed by atoms with Crippen LogP contribution < -0.4 is 4.74 Å². The number of para-hydroxylation sites is 1. The molecular formula is C17H18N2O3. The zero-order valence-electron chi connectivity index (χ0n) is 12.2. The van der Waals surface area contributed by atoms with E-state index in [0.29, 0.717) is 18.7 Å². The van der Waals surface area contributed by atoms with Crippen LogP contribution in [0.5, 0.6) is 11.5 Å². The number of aliphatic carboxylic acids is 1. The summed E-state index contributed by atoms with van der Waals surface area (Å²) in [7, 11) is 0. The third kappa shape index (κ3) is 3.26. The van der Waals surface area contributed by atoms with Crippen molar-refractivity contribution in [2.45, 2.75) is 25.4 Å². The quantitative estimate of drug-likeness (QED) is 0.919. The van der Waals surface area contributed by atoms with Crippen LogP contribution in [0.4, 0.5) is 0 Å². The van der Waals surface area contributed by atoms with E-state index in [-0.39, 0.29) is 0 Å². The van der Waals surface area contributed by atoms with Crippen LogP contribution in [0.2, 0.25) is 0 Å². The van der Waals surface area contributed by atoms with Crippen molar-refractivity contribution in [1.29, 1.82) is 0 Å². The highest BCUT2D eigenvalue weighted by Gasteiger charge is 2.30. The summed E-state index contributed by atoms with van der Waals surface area (Å²) in [5.74, 6) is 0.667. The van der Waals surface area contributed by atoms with Crippen molar-refractivity contribution < 1.29 is 14.6 Å². The van der Waals surface area contributed by atoms with Gasteiger partial charge in [-0.3, -0.25) is 14.7 Å². The minimum atomic E-state index is -0.747. The SMILES string of the molecule is O=C(O)[C@@H]1CCCN1Cc1ccccc1Oc1cccnc1. The molecule has 0 radical (unpaired) electrons. The minimum Gasteiger partial charge on any atom is -0.480 e. The summed E-state index contributed by atoms with van der Waals surface area (Å²) in [6, 6.07) is 11.0. The molecule has 114 valence electrons. The van der Waals surface area contributed by atoms with Crippen molar-refractivity contribution in [3.63, 3.8) is 0 Å². The molecule has 5 heteroatoms. The highest BCUT2D eigenvalue weighted by atomic mass is 16.5. The second kappa shape index (κ2) is 6.58. The number of rotatable bonds is 5. The fourth-order valence-electron chi connectivity index (χ4n) is 2.78. The predicted octanol–water partition coefficient (Wildman–Crippen LogP) is 2.92. The Balaban J connectivity index is 1.78. The van der Waals surface area contributed by atoms with Gasteiger partial charge in [-0.25, -0.2) is 0 Å². The molecule has 0 amide bonds. The Labute approximate surface area is 129 Å². The van der Waals surface area contributed by atoms with Crippen molar-refractivity contribution in [2.24, 2.45) is 0 Å². The van der Waals surface area contributed by atoms with Gasteiger partial charge in [-0.15, -0.1) is 0 Å². The van der Waals surface area contributed by atoms with Crippen LogP contribution in [0.1, 0.15) is 18.4 Å². The first kappa shape index (κ1) is 14.5. The molecule has 1 N–H and O–H groups in total. The summed E-state index contributed by atoms with van der Waals surface area (Å²) in [6.07, 6.45) is 4.98. The molecule has 0 aliphatic carbocycles. The molecule has 3 rings (SSSR count). The summed E-state index contributed by atoms with van der Waals surface area (Å²) < 4.78 is 5.88. The Bertz CT molecular complexity index is 645. The van der Waals surface area contributed by atoms with E-state index >= 15 is 0 Å². The van der Waals surface area contributed by atoms with Gasteiger partial charge >= 0.3 is 5.97 Å². The molecule has 1 aromatic heterocycles. The van der Waals surface area contributed by atoms with Crippen molar-refractivity contribution in [1.82, 2.24) is 9.88 Å². The minimum absolute atomic E-state index is 0.397. The summed E-state index contributed by atoms with van der Waals surface area (Å²) in [5, 5.41) is 9.29. The molecule has 1 fully saturated rings. The number of benzene rings is 1. The lowest BCUT2D eigenvalue weighted by molar-refractivity contribution is -0.142. The number of hydrogen-bond acceptors (Lipinski definition) is 4. The van der Waals surface area contributed by atoms with Crippen LogP contribution in [-0.2, 0) is 11.3 Å². The lowest BCUT2D eigenvalue weighted by Gasteiger charge is -2.22. The number of ether oxygens (including phenoxy) is 1. The van der Waals surface area contributed by atoms with Gasteiger partial charge in [0.1, 0.15) is 17.5 Å². The molecule has 0 bridgehead atoms. The number of carboxylic acids is 1. The van der Waals surface area contributed by atoms with Gasteiger partial charge in [0.2, 0.25) is 0 Å². The number of hydrogen-bond donors (Lipinski definition) is 1. The molecule has 1 aliphatic rings. The molecule has 1 aromatic carbocycles. The second-order valence-electron chi connectivity index (χ2n) is 5.37. The lowest BCUT2D eigenvalue weighted by atomic mass is 10.1. The van der Waals surface area contributed by atoms with Crippen LogP contribution in [-0.4, -0.2) is 33.5 Å². The number of likely N-dealkylation sites (tertiary alicyclic amines) is 1. The van der Waals surface area contributed by atoms with Gasteiger partial charge in [0, 0.05) is 18.3 Å². The normalized spacial score (nSPS) is 18.3.